The number of nitrogen functional groups attached to an aromatic ring is 1. The highest BCUT2D eigenvalue weighted by molar-refractivity contribution is 8.00. The summed E-state index contributed by atoms with van der Waals surface area (Å²) in [6, 6.07) is 9.36. The summed E-state index contributed by atoms with van der Waals surface area (Å²) < 4.78 is 28.8. The summed E-state index contributed by atoms with van der Waals surface area (Å²) >= 11 is 2.79. The average molecular weight is 308 g/mol. The molecule has 2 N–H and O–H groups in total. The van der Waals surface area contributed by atoms with Crippen molar-refractivity contribution in [3.8, 4) is 0 Å². The smallest absolute Gasteiger partial charge is 0.151 e. The van der Waals surface area contributed by atoms with Crippen molar-refractivity contribution in [3.63, 3.8) is 0 Å². The van der Waals surface area contributed by atoms with E-state index in [4.69, 9.17) is 5.73 Å². The van der Waals surface area contributed by atoms with E-state index in [9.17, 15) is 8.78 Å². The minimum atomic E-state index is -0.525. The minimum Gasteiger partial charge on any atom is -0.399 e. The van der Waals surface area contributed by atoms with Gasteiger partial charge in [-0.05, 0) is 30.3 Å². The van der Waals surface area contributed by atoms with Crippen molar-refractivity contribution in [2.45, 2.75) is 10.1 Å². The Morgan fingerprint density at radius 2 is 1.90 bits per heavy atom. The topological polar surface area (TPSA) is 38.9 Å². The SMILES string of the molecule is Nc1ccc2nc(SCc3c(F)cccc3F)sc2c1. The number of aromatic nitrogens is 1. The number of thioether (sulfide) groups is 1. The van der Waals surface area contributed by atoms with Gasteiger partial charge in [-0.1, -0.05) is 17.8 Å². The van der Waals surface area contributed by atoms with Crippen LogP contribution in [0.2, 0.25) is 0 Å². The van der Waals surface area contributed by atoms with Gasteiger partial charge in [-0.2, -0.15) is 0 Å². The highest BCUT2D eigenvalue weighted by Gasteiger charge is 2.11. The fourth-order valence-corrected chi connectivity index (χ4v) is 3.92. The maximum atomic E-state index is 13.5. The van der Waals surface area contributed by atoms with E-state index in [1.54, 1.807) is 6.07 Å². The molecule has 102 valence electrons. The lowest BCUT2D eigenvalue weighted by Gasteiger charge is -2.02. The standard InChI is InChI=1S/C14H10F2N2S2/c15-10-2-1-3-11(16)9(10)7-19-14-18-12-5-4-8(17)6-13(12)20-14/h1-6H,7,17H2. The molecule has 1 heterocycles. The molecule has 0 aliphatic carbocycles. The molecule has 0 fully saturated rings. The number of nitrogens with zero attached hydrogens (tertiary/aromatic N) is 1. The molecule has 0 aliphatic rings. The summed E-state index contributed by atoms with van der Waals surface area (Å²) in [5.41, 5.74) is 7.32. The summed E-state index contributed by atoms with van der Waals surface area (Å²) in [5, 5.41) is 0. The molecule has 0 saturated heterocycles. The van der Waals surface area contributed by atoms with E-state index < -0.39 is 11.6 Å². The van der Waals surface area contributed by atoms with Crippen molar-refractivity contribution >= 4 is 39.0 Å². The first-order chi connectivity index (χ1) is 9.63. The maximum Gasteiger partial charge on any atom is 0.151 e. The molecular formula is C14H10F2N2S2. The molecule has 0 bridgehead atoms. The Morgan fingerprint density at radius 3 is 2.65 bits per heavy atom. The second-order valence-corrected chi connectivity index (χ2v) is 6.45. The highest BCUT2D eigenvalue weighted by atomic mass is 32.2. The van der Waals surface area contributed by atoms with E-state index in [0.29, 0.717) is 5.69 Å². The Morgan fingerprint density at radius 1 is 1.15 bits per heavy atom. The molecule has 0 spiro atoms. The lowest BCUT2D eigenvalue weighted by molar-refractivity contribution is 0.566. The molecule has 3 rings (SSSR count). The third-order valence-electron chi connectivity index (χ3n) is 2.79. The molecule has 2 aromatic carbocycles. The summed E-state index contributed by atoms with van der Waals surface area (Å²) in [4.78, 5) is 4.41. The van der Waals surface area contributed by atoms with Gasteiger partial charge in [-0.15, -0.1) is 11.3 Å². The first kappa shape index (κ1) is 13.3. The zero-order valence-electron chi connectivity index (χ0n) is 10.3. The molecule has 0 saturated carbocycles. The zero-order valence-corrected chi connectivity index (χ0v) is 11.9. The van der Waals surface area contributed by atoms with Gasteiger partial charge in [0.25, 0.3) is 0 Å². The Kier molecular flexibility index (Phi) is 3.58. The van der Waals surface area contributed by atoms with E-state index in [0.717, 1.165) is 14.6 Å². The fourth-order valence-electron chi connectivity index (χ4n) is 1.79. The fraction of sp³-hybridized carbons (Fsp3) is 0.0714. The summed E-state index contributed by atoms with van der Waals surface area (Å²) in [5.74, 6) is -0.834. The van der Waals surface area contributed by atoms with Crippen molar-refractivity contribution in [1.29, 1.82) is 0 Å². The van der Waals surface area contributed by atoms with Crippen LogP contribution in [0.1, 0.15) is 5.56 Å². The Labute approximate surface area is 122 Å². The predicted octanol–water partition coefficient (Wildman–Crippen LogP) is 4.45. The minimum absolute atomic E-state index is 0.0799. The van der Waals surface area contributed by atoms with E-state index in [2.05, 4.69) is 4.98 Å². The third-order valence-corrected chi connectivity index (χ3v) is 4.98. The normalized spacial score (nSPS) is 11.1. The molecule has 0 amide bonds. The predicted molar refractivity (Wildman–Crippen MR) is 80.0 cm³/mol. The van der Waals surface area contributed by atoms with Gasteiger partial charge in [-0.25, -0.2) is 13.8 Å². The summed E-state index contributed by atoms with van der Waals surface area (Å²) in [7, 11) is 0. The van der Waals surface area contributed by atoms with E-state index in [1.165, 1.54) is 41.3 Å². The second kappa shape index (κ2) is 5.38. The van der Waals surface area contributed by atoms with Crippen LogP contribution in [-0.2, 0) is 5.75 Å². The number of rotatable bonds is 3. The summed E-state index contributed by atoms with van der Waals surface area (Å²) in [6.07, 6.45) is 0. The molecule has 20 heavy (non-hydrogen) atoms. The molecule has 2 nitrogen and oxygen atoms in total. The van der Waals surface area contributed by atoms with Crippen LogP contribution >= 0.6 is 23.1 Å². The first-order valence-electron chi connectivity index (χ1n) is 5.85. The van der Waals surface area contributed by atoms with Crippen LogP contribution in [0.3, 0.4) is 0 Å². The van der Waals surface area contributed by atoms with E-state index in [1.807, 2.05) is 12.1 Å². The van der Waals surface area contributed by atoms with E-state index >= 15 is 0 Å². The third kappa shape index (κ3) is 2.62. The lowest BCUT2D eigenvalue weighted by atomic mass is 10.2. The van der Waals surface area contributed by atoms with Crippen LogP contribution in [0, 0.1) is 11.6 Å². The van der Waals surface area contributed by atoms with Gasteiger partial charge in [0.15, 0.2) is 4.34 Å². The molecule has 0 unspecified atom stereocenters. The van der Waals surface area contributed by atoms with Crippen molar-refractivity contribution in [1.82, 2.24) is 4.98 Å². The molecule has 0 aliphatic heterocycles. The Bertz CT molecular complexity index is 751. The van der Waals surface area contributed by atoms with Crippen molar-refractivity contribution in [3.05, 3.63) is 53.6 Å². The number of hydrogen-bond acceptors (Lipinski definition) is 4. The van der Waals surface area contributed by atoms with Crippen LogP contribution in [-0.4, -0.2) is 4.98 Å². The number of hydrogen-bond donors (Lipinski definition) is 1. The van der Waals surface area contributed by atoms with Gasteiger partial charge in [0.2, 0.25) is 0 Å². The maximum absolute atomic E-state index is 13.5. The summed E-state index contributed by atoms with van der Waals surface area (Å²) in [6.45, 7) is 0. The Balaban J connectivity index is 1.83. The van der Waals surface area contributed by atoms with Crippen LogP contribution < -0.4 is 5.73 Å². The van der Waals surface area contributed by atoms with Gasteiger partial charge in [-0.3, -0.25) is 0 Å². The average Bonchev–Trinajstić information content (AvgIpc) is 2.80. The number of benzene rings is 2. The number of thiazole rings is 1. The molecule has 3 aromatic rings. The number of fused-ring (bicyclic) bond motifs is 1. The Hall–Kier alpha value is -1.66. The monoisotopic (exact) mass is 308 g/mol. The van der Waals surface area contributed by atoms with Crippen molar-refractivity contribution < 1.29 is 8.78 Å². The molecule has 0 radical (unpaired) electrons. The van der Waals surface area contributed by atoms with Crippen LogP contribution in [0.5, 0.6) is 0 Å². The van der Waals surface area contributed by atoms with Gasteiger partial charge >= 0.3 is 0 Å². The zero-order chi connectivity index (χ0) is 14.1. The quantitative estimate of drug-likeness (QED) is 0.574. The molecule has 0 atom stereocenters. The van der Waals surface area contributed by atoms with Crippen molar-refractivity contribution in [2.75, 3.05) is 5.73 Å². The molecule has 1 aromatic heterocycles. The van der Waals surface area contributed by atoms with Gasteiger partial charge < -0.3 is 5.73 Å². The number of halogens is 2. The largest absolute Gasteiger partial charge is 0.399 e. The number of nitrogens with two attached hydrogens (primary N) is 1. The van der Waals surface area contributed by atoms with Crippen LogP contribution in [0.25, 0.3) is 10.2 Å². The van der Waals surface area contributed by atoms with Crippen LogP contribution in [0.4, 0.5) is 14.5 Å². The molecule has 6 heteroatoms. The van der Waals surface area contributed by atoms with E-state index in [-0.39, 0.29) is 11.3 Å². The number of anilines is 1. The van der Waals surface area contributed by atoms with Gasteiger partial charge in [0, 0.05) is 17.0 Å². The van der Waals surface area contributed by atoms with Crippen molar-refractivity contribution in [2.24, 2.45) is 0 Å². The van der Waals surface area contributed by atoms with Gasteiger partial charge in [0.1, 0.15) is 11.6 Å². The van der Waals surface area contributed by atoms with Crippen LogP contribution in [0.15, 0.2) is 40.7 Å². The van der Waals surface area contributed by atoms with Gasteiger partial charge in [0.05, 0.1) is 10.2 Å². The first-order valence-corrected chi connectivity index (χ1v) is 7.65. The highest BCUT2D eigenvalue weighted by Crippen LogP contribution is 2.33. The lowest BCUT2D eigenvalue weighted by Crippen LogP contribution is -1.92. The molecular weight excluding hydrogens is 298 g/mol. The second-order valence-electron chi connectivity index (χ2n) is 4.20.